The first-order valence-corrected chi connectivity index (χ1v) is 6.79. The van der Waals surface area contributed by atoms with Crippen molar-refractivity contribution >= 4 is 44.5 Å². The van der Waals surface area contributed by atoms with Gasteiger partial charge in [-0.25, -0.2) is 8.42 Å². The molecule has 4 nitrogen and oxygen atoms in total. The van der Waals surface area contributed by atoms with Crippen LogP contribution in [0.25, 0.3) is 0 Å². The Labute approximate surface area is 105 Å². The number of hydrogen-bond acceptors (Lipinski definition) is 3. The summed E-state index contributed by atoms with van der Waals surface area (Å²) in [6, 6.07) is 5.10. The molecule has 0 fully saturated rings. The molecule has 1 rings (SSSR count). The zero-order valence-electron chi connectivity index (χ0n) is 8.53. The number of anilines is 1. The van der Waals surface area contributed by atoms with Crippen molar-refractivity contribution in [1.82, 2.24) is 0 Å². The maximum atomic E-state index is 11.6. The lowest BCUT2D eigenvalue weighted by atomic mass is 10.2. The maximum Gasteiger partial charge on any atom is 0.239 e. The summed E-state index contributed by atoms with van der Waals surface area (Å²) in [4.78, 5) is -0.0859. The van der Waals surface area contributed by atoms with Crippen molar-refractivity contribution < 1.29 is 8.42 Å². The number of benzene rings is 1. The first-order valence-electron chi connectivity index (χ1n) is 4.36. The minimum atomic E-state index is -3.58. The van der Waals surface area contributed by atoms with Gasteiger partial charge in [-0.05, 0) is 18.6 Å². The monoisotopic (exact) mass is 278 g/mol. The Morgan fingerprint density at radius 2 is 2.19 bits per heavy atom. The van der Waals surface area contributed by atoms with Gasteiger partial charge in [0.2, 0.25) is 10.0 Å². The van der Waals surface area contributed by atoms with E-state index in [-0.39, 0.29) is 4.99 Å². The van der Waals surface area contributed by atoms with Crippen LogP contribution in [0.1, 0.15) is 5.56 Å². The van der Waals surface area contributed by atoms with Gasteiger partial charge in [0.25, 0.3) is 0 Å². The molecule has 0 aromatic heterocycles. The SMILES string of the molecule is Cc1cccc(Cl)c1NS(=O)(=O)CC(N)=S. The number of para-hydroxylation sites is 1. The van der Waals surface area contributed by atoms with E-state index in [4.69, 9.17) is 17.3 Å². The maximum absolute atomic E-state index is 11.6. The number of hydrogen-bond donors (Lipinski definition) is 2. The standard InChI is InChI=1S/C9H11ClN2O2S2/c1-6-3-2-4-7(10)9(6)12-16(13,14)5-8(11)15/h2-4,12H,5H2,1H3,(H2,11,15). The second-order valence-corrected chi connectivity index (χ2v) is 5.91. The van der Waals surface area contributed by atoms with Crippen LogP contribution in [0.3, 0.4) is 0 Å². The van der Waals surface area contributed by atoms with Gasteiger partial charge in [-0.15, -0.1) is 0 Å². The largest absolute Gasteiger partial charge is 0.392 e. The number of halogens is 1. The van der Waals surface area contributed by atoms with Crippen LogP contribution in [0.4, 0.5) is 5.69 Å². The average Bonchev–Trinajstić information content (AvgIpc) is 2.09. The van der Waals surface area contributed by atoms with Crippen molar-refractivity contribution in [2.24, 2.45) is 5.73 Å². The topological polar surface area (TPSA) is 72.2 Å². The van der Waals surface area contributed by atoms with Crippen LogP contribution in [0, 0.1) is 6.92 Å². The minimum Gasteiger partial charge on any atom is -0.392 e. The highest BCUT2D eigenvalue weighted by Gasteiger charge is 2.15. The van der Waals surface area contributed by atoms with Crippen LogP contribution < -0.4 is 10.5 Å². The van der Waals surface area contributed by atoms with E-state index >= 15 is 0 Å². The Balaban J connectivity index is 3.01. The highest BCUT2D eigenvalue weighted by Crippen LogP contribution is 2.26. The fraction of sp³-hybridized carbons (Fsp3) is 0.222. The molecule has 16 heavy (non-hydrogen) atoms. The zero-order valence-corrected chi connectivity index (χ0v) is 10.9. The third-order valence-corrected chi connectivity index (χ3v) is 3.66. The first kappa shape index (κ1) is 13.2. The van der Waals surface area contributed by atoms with E-state index in [1.54, 1.807) is 25.1 Å². The molecule has 88 valence electrons. The number of aryl methyl sites for hydroxylation is 1. The molecule has 7 heteroatoms. The van der Waals surface area contributed by atoms with Crippen molar-refractivity contribution in [2.75, 3.05) is 10.5 Å². The Hall–Kier alpha value is -0.850. The highest BCUT2D eigenvalue weighted by molar-refractivity contribution is 7.95. The molecule has 0 amide bonds. The zero-order chi connectivity index (χ0) is 12.3. The quantitative estimate of drug-likeness (QED) is 0.822. The second kappa shape index (κ2) is 4.99. The lowest BCUT2D eigenvalue weighted by Crippen LogP contribution is -2.26. The third kappa shape index (κ3) is 3.62. The average molecular weight is 279 g/mol. The fourth-order valence-electron chi connectivity index (χ4n) is 1.14. The van der Waals surface area contributed by atoms with Crippen molar-refractivity contribution in [1.29, 1.82) is 0 Å². The van der Waals surface area contributed by atoms with E-state index in [9.17, 15) is 8.42 Å². The van der Waals surface area contributed by atoms with E-state index in [0.717, 1.165) is 5.56 Å². The van der Waals surface area contributed by atoms with Gasteiger partial charge >= 0.3 is 0 Å². The smallest absolute Gasteiger partial charge is 0.239 e. The van der Waals surface area contributed by atoms with E-state index in [1.807, 2.05) is 0 Å². The summed E-state index contributed by atoms with van der Waals surface area (Å²) in [5.74, 6) is -0.396. The molecule has 0 radical (unpaired) electrons. The lowest BCUT2D eigenvalue weighted by molar-refractivity contribution is 0.605. The van der Waals surface area contributed by atoms with Gasteiger partial charge in [0, 0.05) is 0 Å². The van der Waals surface area contributed by atoms with E-state index in [0.29, 0.717) is 10.7 Å². The van der Waals surface area contributed by atoms with Gasteiger partial charge in [0.1, 0.15) is 5.75 Å². The van der Waals surface area contributed by atoms with Crippen LogP contribution in [-0.2, 0) is 10.0 Å². The second-order valence-electron chi connectivity index (χ2n) is 3.26. The van der Waals surface area contributed by atoms with Gasteiger partial charge in [-0.1, -0.05) is 36.0 Å². The molecule has 0 aliphatic rings. The molecule has 0 aliphatic carbocycles. The minimum absolute atomic E-state index is 0.0859. The van der Waals surface area contributed by atoms with Crippen LogP contribution in [-0.4, -0.2) is 19.2 Å². The van der Waals surface area contributed by atoms with Crippen LogP contribution in [0.15, 0.2) is 18.2 Å². The van der Waals surface area contributed by atoms with Crippen LogP contribution in [0.5, 0.6) is 0 Å². The Morgan fingerprint density at radius 1 is 1.56 bits per heavy atom. The molecule has 1 aromatic carbocycles. The molecule has 0 heterocycles. The summed E-state index contributed by atoms with van der Waals surface area (Å²) in [5.41, 5.74) is 6.28. The number of nitrogens with two attached hydrogens (primary N) is 1. The van der Waals surface area contributed by atoms with Gasteiger partial charge in [0.05, 0.1) is 15.7 Å². The molecule has 0 saturated heterocycles. The summed E-state index contributed by atoms with van der Waals surface area (Å²) in [6.45, 7) is 1.75. The van der Waals surface area contributed by atoms with Crippen LogP contribution in [0.2, 0.25) is 5.02 Å². The van der Waals surface area contributed by atoms with Crippen molar-refractivity contribution in [3.63, 3.8) is 0 Å². The molecule has 0 spiro atoms. The number of thiocarbonyl (C=S) groups is 1. The predicted octanol–water partition coefficient (Wildman–Crippen LogP) is 1.68. The molecular formula is C9H11ClN2O2S2. The molecule has 0 aliphatic heterocycles. The van der Waals surface area contributed by atoms with Gasteiger partial charge in [0.15, 0.2) is 0 Å². The molecule has 0 atom stereocenters. The molecule has 3 N–H and O–H groups in total. The summed E-state index contributed by atoms with van der Waals surface area (Å²) in [7, 11) is -3.58. The summed E-state index contributed by atoms with van der Waals surface area (Å²) in [5, 5.41) is 0.339. The molecule has 1 aromatic rings. The van der Waals surface area contributed by atoms with Crippen molar-refractivity contribution in [2.45, 2.75) is 6.92 Å². The summed E-state index contributed by atoms with van der Waals surface area (Å²) >= 11 is 10.4. The Bertz CT molecular complexity index is 494. The lowest BCUT2D eigenvalue weighted by Gasteiger charge is -2.11. The number of rotatable bonds is 4. The van der Waals surface area contributed by atoms with Crippen LogP contribution >= 0.6 is 23.8 Å². The molecule has 0 bridgehead atoms. The number of sulfonamides is 1. The van der Waals surface area contributed by atoms with E-state index in [1.165, 1.54) is 0 Å². The van der Waals surface area contributed by atoms with E-state index in [2.05, 4.69) is 16.9 Å². The summed E-state index contributed by atoms with van der Waals surface area (Å²) < 4.78 is 25.5. The van der Waals surface area contributed by atoms with E-state index < -0.39 is 15.8 Å². The highest BCUT2D eigenvalue weighted by atomic mass is 35.5. The third-order valence-electron chi connectivity index (χ3n) is 1.81. The van der Waals surface area contributed by atoms with Crippen molar-refractivity contribution in [3.8, 4) is 0 Å². The predicted molar refractivity (Wildman–Crippen MR) is 70.4 cm³/mol. The Kier molecular flexibility index (Phi) is 4.12. The normalized spacial score (nSPS) is 11.1. The van der Waals surface area contributed by atoms with Gasteiger partial charge < -0.3 is 5.73 Å². The summed E-state index contributed by atoms with van der Waals surface area (Å²) in [6.07, 6.45) is 0. The van der Waals surface area contributed by atoms with Crippen molar-refractivity contribution in [3.05, 3.63) is 28.8 Å². The first-order chi connectivity index (χ1) is 7.32. The number of nitrogens with one attached hydrogen (secondary N) is 1. The van der Waals surface area contributed by atoms with Gasteiger partial charge in [-0.2, -0.15) is 0 Å². The molecule has 0 saturated carbocycles. The van der Waals surface area contributed by atoms with Gasteiger partial charge in [-0.3, -0.25) is 4.72 Å². The fourth-order valence-corrected chi connectivity index (χ4v) is 2.96. The molecular weight excluding hydrogens is 268 g/mol. The Morgan fingerprint density at radius 3 is 2.69 bits per heavy atom. The molecule has 0 unspecified atom stereocenters.